The minimum atomic E-state index is -0.871. The van der Waals surface area contributed by atoms with Crippen LogP contribution in [0.1, 0.15) is 29.3 Å². The van der Waals surface area contributed by atoms with E-state index in [0.717, 1.165) is 22.8 Å². The number of carboxylic acids is 1. The molecular formula is C22H27N5O4. The lowest BCUT2D eigenvalue weighted by Crippen LogP contribution is -2.10. The van der Waals surface area contributed by atoms with Crippen molar-refractivity contribution < 1.29 is 19.4 Å². The second-order valence-corrected chi connectivity index (χ2v) is 7.09. The third-order valence-corrected chi connectivity index (χ3v) is 4.87. The fraction of sp³-hybridized carbons (Fsp3) is 0.364. The van der Waals surface area contributed by atoms with Crippen LogP contribution in [-0.4, -0.2) is 51.6 Å². The molecule has 0 saturated carbocycles. The Morgan fingerprint density at radius 3 is 2.77 bits per heavy atom. The Labute approximate surface area is 181 Å². The molecule has 3 aromatic heterocycles. The molecule has 164 valence electrons. The van der Waals surface area contributed by atoms with Crippen molar-refractivity contribution in [1.82, 2.24) is 19.7 Å². The van der Waals surface area contributed by atoms with Gasteiger partial charge in [0.15, 0.2) is 0 Å². The molecule has 9 heteroatoms. The van der Waals surface area contributed by atoms with Gasteiger partial charge in [0.25, 0.3) is 0 Å². The SMILES string of the molecule is CNc1cccc(CCOc2cc(CC(CC(=O)O)c3ccc(OC)nc3)nn2C)n1. The summed E-state index contributed by atoms with van der Waals surface area (Å²) < 4.78 is 12.6. The number of anilines is 1. The zero-order valence-corrected chi connectivity index (χ0v) is 17.9. The Bertz CT molecular complexity index is 1000. The molecule has 0 spiro atoms. The zero-order valence-electron chi connectivity index (χ0n) is 17.9. The zero-order chi connectivity index (χ0) is 22.2. The van der Waals surface area contributed by atoms with Crippen LogP contribution in [0.2, 0.25) is 0 Å². The van der Waals surface area contributed by atoms with Crippen LogP contribution in [0.4, 0.5) is 5.82 Å². The first-order valence-electron chi connectivity index (χ1n) is 9.99. The Hall–Kier alpha value is -3.62. The third kappa shape index (κ3) is 6.18. The van der Waals surface area contributed by atoms with Gasteiger partial charge < -0.3 is 19.9 Å². The van der Waals surface area contributed by atoms with E-state index in [1.165, 1.54) is 0 Å². The Kier molecular flexibility index (Phi) is 7.42. The summed E-state index contributed by atoms with van der Waals surface area (Å²) in [5.41, 5.74) is 2.52. The number of methoxy groups -OCH3 is 1. The first-order chi connectivity index (χ1) is 15.0. The Morgan fingerprint density at radius 2 is 2.10 bits per heavy atom. The highest BCUT2D eigenvalue weighted by Crippen LogP contribution is 2.26. The van der Waals surface area contributed by atoms with Crippen molar-refractivity contribution in [3.8, 4) is 11.8 Å². The van der Waals surface area contributed by atoms with Gasteiger partial charge in [-0.2, -0.15) is 5.10 Å². The van der Waals surface area contributed by atoms with Crippen molar-refractivity contribution in [1.29, 1.82) is 0 Å². The molecule has 0 fully saturated rings. The summed E-state index contributed by atoms with van der Waals surface area (Å²) in [7, 11) is 5.18. The van der Waals surface area contributed by atoms with Crippen LogP contribution in [0, 0.1) is 0 Å². The maximum Gasteiger partial charge on any atom is 0.303 e. The van der Waals surface area contributed by atoms with Gasteiger partial charge in [-0.1, -0.05) is 12.1 Å². The number of hydrogen-bond acceptors (Lipinski definition) is 7. The number of aliphatic carboxylic acids is 1. The lowest BCUT2D eigenvalue weighted by molar-refractivity contribution is -0.137. The molecule has 1 atom stereocenters. The Balaban J connectivity index is 1.65. The van der Waals surface area contributed by atoms with Gasteiger partial charge in [-0.05, 0) is 24.1 Å². The standard InChI is InChI=1S/C22H27N5O4/c1-23-19-6-4-5-17(25-19)9-10-31-21-13-18(26-27(21)2)11-16(12-22(28)29)15-7-8-20(30-3)24-14-15/h4-8,13-14,16H,9-12H2,1-3H3,(H,23,25)(H,28,29). The highest BCUT2D eigenvalue weighted by molar-refractivity contribution is 5.68. The molecule has 1 unspecified atom stereocenters. The minimum Gasteiger partial charge on any atom is -0.481 e. The first-order valence-corrected chi connectivity index (χ1v) is 9.99. The number of aromatic nitrogens is 4. The average Bonchev–Trinajstić information content (AvgIpc) is 3.12. The summed E-state index contributed by atoms with van der Waals surface area (Å²) in [5, 5.41) is 16.9. The molecule has 0 aliphatic heterocycles. The molecule has 3 heterocycles. The summed E-state index contributed by atoms with van der Waals surface area (Å²) >= 11 is 0. The quantitative estimate of drug-likeness (QED) is 0.482. The van der Waals surface area contributed by atoms with Crippen LogP contribution in [0.15, 0.2) is 42.6 Å². The second kappa shape index (κ2) is 10.4. The number of carboxylic acid groups (broad SMARTS) is 1. The van der Waals surface area contributed by atoms with E-state index in [4.69, 9.17) is 9.47 Å². The van der Waals surface area contributed by atoms with Gasteiger partial charge in [-0.3, -0.25) is 4.79 Å². The van der Waals surface area contributed by atoms with E-state index in [1.807, 2.05) is 37.4 Å². The lowest BCUT2D eigenvalue weighted by Gasteiger charge is -2.14. The van der Waals surface area contributed by atoms with Crippen molar-refractivity contribution in [2.45, 2.75) is 25.2 Å². The molecule has 0 aliphatic rings. The third-order valence-electron chi connectivity index (χ3n) is 4.87. The molecule has 0 aliphatic carbocycles. The van der Waals surface area contributed by atoms with E-state index < -0.39 is 5.97 Å². The van der Waals surface area contributed by atoms with Crippen molar-refractivity contribution in [3.05, 3.63) is 59.5 Å². The number of pyridine rings is 2. The van der Waals surface area contributed by atoms with Gasteiger partial charge in [0.05, 0.1) is 25.8 Å². The van der Waals surface area contributed by atoms with Crippen LogP contribution in [0.5, 0.6) is 11.8 Å². The second-order valence-electron chi connectivity index (χ2n) is 7.09. The predicted molar refractivity (Wildman–Crippen MR) is 116 cm³/mol. The van der Waals surface area contributed by atoms with Gasteiger partial charge in [-0.15, -0.1) is 0 Å². The first kappa shape index (κ1) is 22.1. The van der Waals surface area contributed by atoms with Crippen molar-refractivity contribution >= 4 is 11.8 Å². The molecule has 0 bridgehead atoms. The van der Waals surface area contributed by atoms with Crippen molar-refractivity contribution in [2.75, 3.05) is 26.1 Å². The normalized spacial score (nSPS) is 11.7. The number of carbonyl (C=O) groups is 1. The predicted octanol–water partition coefficient (Wildman–Crippen LogP) is 2.68. The lowest BCUT2D eigenvalue weighted by atomic mass is 9.92. The highest BCUT2D eigenvalue weighted by Gasteiger charge is 2.19. The van der Waals surface area contributed by atoms with Crippen LogP contribution >= 0.6 is 0 Å². The maximum absolute atomic E-state index is 11.4. The van der Waals surface area contributed by atoms with Crippen LogP contribution < -0.4 is 14.8 Å². The van der Waals surface area contributed by atoms with Gasteiger partial charge in [-0.25, -0.2) is 14.6 Å². The summed E-state index contributed by atoms with van der Waals surface area (Å²) in [4.78, 5) is 20.1. The maximum atomic E-state index is 11.4. The summed E-state index contributed by atoms with van der Waals surface area (Å²) in [6.07, 6.45) is 2.76. The van der Waals surface area contributed by atoms with Gasteiger partial charge in [0, 0.05) is 50.5 Å². The molecule has 2 N–H and O–H groups in total. The number of ether oxygens (including phenoxy) is 2. The van der Waals surface area contributed by atoms with E-state index in [0.29, 0.717) is 31.2 Å². The fourth-order valence-electron chi connectivity index (χ4n) is 3.28. The van der Waals surface area contributed by atoms with Crippen LogP contribution in [0.3, 0.4) is 0 Å². The molecular weight excluding hydrogens is 398 g/mol. The minimum absolute atomic E-state index is 0.0196. The van der Waals surface area contributed by atoms with Gasteiger partial charge in [0.2, 0.25) is 11.8 Å². The molecule has 9 nitrogen and oxygen atoms in total. The van der Waals surface area contributed by atoms with Crippen molar-refractivity contribution in [2.24, 2.45) is 7.05 Å². The molecule has 3 aromatic rings. The molecule has 31 heavy (non-hydrogen) atoms. The molecule has 0 saturated heterocycles. The van der Waals surface area contributed by atoms with E-state index in [9.17, 15) is 9.90 Å². The summed E-state index contributed by atoms with van der Waals surface area (Å²) in [6, 6.07) is 11.2. The summed E-state index contributed by atoms with van der Waals surface area (Å²) in [6.45, 7) is 0.458. The van der Waals surface area contributed by atoms with E-state index in [2.05, 4.69) is 20.4 Å². The van der Waals surface area contributed by atoms with Gasteiger partial charge in [0.1, 0.15) is 5.82 Å². The number of nitrogens with one attached hydrogen (secondary N) is 1. The molecule has 0 radical (unpaired) electrons. The van der Waals surface area contributed by atoms with Crippen LogP contribution in [0.25, 0.3) is 0 Å². The van der Waals surface area contributed by atoms with Crippen molar-refractivity contribution in [3.63, 3.8) is 0 Å². The Morgan fingerprint density at radius 1 is 1.26 bits per heavy atom. The number of rotatable bonds is 11. The fourth-order valence-corrected chi connectivity index (χ4v) is 3.28. The molecule has 3 rings (SSSR count). The number of aryl methyl sites for hydroxylation is 1. The largest absolute Gasteiger partial charge is 0.481 e. The van der Waals surface area contributed by atoms with E-state index in [-0.39, 0.29) is 12.3 Å². The number of hydrogen-bond donors (Lipinski definition) is 2. The van der Waals surface area contributed by atoms with E-state index in [1.54, 1.807) is 31.1 Å². The molecule has 0 amide bonds. The monoisotopic (exact) mass is 425 g/mol. The molecule has 0 aromatic carbocycles. The highest BCUT2D eigenvalue weighted by atomic mass is 16.5. The number of nitrogens with zero attached hydrogens (tertiary/aromatic N) is 4. The van der Waals surface area contributed by atoms with Gasteiger partial charge >= 0.3 is 5.97 Å². The smallest absolute Gasteiger partial charge is 0.303 e. The average molecular weight is 425 g/mol. The topological polar surface area (TPSA) is 111 Å². The summed E-state index contributed by atoms with van der Waals surface area (Å²) in [5.74, 6) is 0.803. The van der Waals surface area contributed by atoms with Crippen LogP contribution in [-0.2, 0) is 24.7 Å². The van der Waals surface area contributed by atoms with E-state index >= 15 is 0 Å².